The van der Waals surface area contributed by atoms with E-state index in [9.17, 15) is 13.6 Å². The number of benzene rings is 1. The molecule has 0 radical (unpaired) electrons. The van der Waals surface area contributed by atoms with Crippen molar-refractivity contribution in [3.63, 3.8) is 0 Å². The number of hydrogen-bond donors (Lipinski definition) is 1. The maximum Gasteiger partial charge on any atom is 0.325 e. The van der Waals surface area contributed by atoms with Crippen molar-refractivity contribution in [2.75, 3.05) is 19.0 Å². The zero-order valence-corrected chi connectivity index (χ0v) is 9.40. The SMILES string of the molecule is COC(=O)CNc1c(F)cc(Br)cc1F. The molecule has 1 aromatic carbocycles. The molecule has 6 heteroatoms. The highest BCUT2D eigenvalue weighted by Crippen LogP contribution is 2.23. The number of hydrogen-bond acceptors (Lipinski definition) is 3. The Kier molecular flexibility index (Phi) is 4.02. The van der Waals surface area contributed by atoms with Crippen LogP contribution in [0.1, 0.15) is 0 Å². The van der Waals surface area contributed by atoms with Crippen LogP contribution in [0.5, 0.6) is 0 Å². The zero-order chi connectivity index (χ0) is 11.4. The van der Waals surface area contributed by atoms with Crippen molar-refractivity contribution < 1.29 is 18.3 Å². The summed E-state index contributed by atoms with van der Waals surface area (Å²) < 4.78 is 31.0. The van der Waals surface area contributed by atoms with Gasteiger partial charge in [-0.25, -0.2) is 8.78 Å². The maximum atomic E-state index is 13.2. The zero-order valence-electron chi connectivity index (χ0n) is 7.81. The largest absolute Gasteiger partial charge is 0.468 e. The summed E-state index contributed by atoms with van der Waals surface area (Å²) >= 11 is 2.94. The lowest BCUT2D eigenvalue weighted by Crippen LogP contribution is -2.16. The van der Waals surface area contributed by atoms with Gasteiger partial charge in [0.25, 0.3) is 0 Å². The molecule has 0 spiro atoms. The number of carbonyl (C=O) groups is 1. The van der Waals surface area contributed by atoms with Crippen LogP contribution in [0, 0.1) is 11.6 Å². The summed E-state index contributed by atoms with van der Waals surface area (Å²) in [4.78, 5) is 10.7. The van der Waals surface area contributed by atoms with Gasteiger partial charge in [0.2, 0.25) is 0 Å². The fraction of sp³-hybridized carbons (Fsp3) is 0.222. The van der Waals surface area contributed by atoms with Gasteiger partial charge < -0.3 is 10.1 Å². The Bertz CT molecular complexity index is 361. The molecule has 1 aromatic rings. The lowest BCUT2D eigenvalue weighted by molar-refractivity contribution is -0.138. The lowest BCUT2D eigenvalue weighted by Gasteiger charge is -2.07. The Hall–Kier alpha value is -1.17. The summed E-state index contributed by atoms with van der Waals surface area (Å²) in [6, 6.07) is 2.20. The van der Waals surface area contributed by atoms with Crippen LogP contribution in [0.3, 0.4) is 0 Å². The van der Waals surface area contributed by atoms with Gasteiger partial charge in [-0.3, -0.25) is 4.79 Å². The van der Waals surface area contributed by atoms with Crippen LogP contribution in [-0.2, 0) is 9.53 Å². The molecule has 0 aliphatic rings. The van der Waals surface area contributed by atoms with E-state index < -0.39 is 17.6 Å². The second-order valence-electron chi connectivity index (χ2n) is 2.67. The van der Waals surface area contributed by atoms with E-state index in [4.69, 9.17) is 0 Å². The van der Waals surface area contributed by atoms with Crippen molar-refractivity contribution in [2.45, 2.75) is 0 Å². The highest BCUT2D eigenvalue weighted by Gasteiger charge is 2.11. The second kappa shape index (κ2) is 5.06. The van der Waals surface area contributed by atoms with Gasteiger partial charge in [-0.1, -0.05) is 15.9 Å². The molecule has 0 fully saturated rings. The summed E-state index contributed by atoms with van der Waals surface area (Å²) in [6.45, 7) is -0.286. The van der Waals surface area contributed by atoms with Gasteiger partial charge in [-0.2, -0.15) is 0 Å². The Morgan fingerprint density at radius 3 is 2.47 bits per heavy atom. The van der Waals surface area contributed by atoms with Crippen molar-refractivity contribution in [3.05, 3.63) is 28.2 Å². The molecule has 0 bridgehead atoms. The predicted molar refractivity (Wildman–Crippen MR) is 54.6 cm³/mol. The first-order chi connectivity index (χ1) is 7.04. The minimum absolute atomic E-state index is 0.286. The molecule has 0 heterocycles. The minimum Gasteiger partial charge on any atom is -0.468 e. The molecule has 15 heavy (non-hydrogen) atoms. The summed E-state index contributed by atoms with van der Waals surface area (Å²) in [6.07, 6.45) is 0. The van der Waals surface area contributed by atoms with Crippen LogP contribution < -0.4 is 5.32 Å². The van der Waals surface area contributed by atoms with Gasteiger partial charge in [-0.15, -0.1) is 0 Å². The molecular weight excluding hydrogens is 272 g/mol. The first-order valence-electron chi connectivity index (χ1n) is 4.00. The standard InChI is InChI=1S/C9H8BrF2NO2/c1-15-8(14)4-13-9-6(11)2-5(10)3-7(9)12/h2-3,13H,4H2,1H3. The van der Waals surface area contributed by atoms with Crippen LogP contribution in [0.4, 0.5) is 14.5 Å². The van der Waals surface area contributed by atoms with Gasteiger partial charge in [0.15, 0.2) is 0 Å². The second-order valence-corrected chi connectivity index (χ2v) is 3.59. The van der Waals surface area contributed by atoms with E-state index in [1.165, 1.54) is 7.11 Å². The number of ether oxygens (including phenoxy) is 1. The average Bonchev–Trinajstić information content (AvgIpc) is 2.15. The van der Waals surface area contributed by atoms with E-state index in [-0.39, 0.29) is 12.2 Å². The molecule has 0 saturated carbocycles. The monoisotopic (exact) mass is 279 g/mol. The van der Waals surface area contributed by atoms with Gasteiger partial charge in [0.05, 0.1) is 7.11 Å². The normalized spacial score (nSPS) is 9.87. The summed E-state index contributed by atoms with van der Waals surface area (Å²) in [7, 11) is 1.19. The molecule has 82 valence electrons. The fourth-order valence-electron chi connectivity index (χ4n) is 0.944. The van der Waals surface area contributed by atoms with Crippen molar-refractivity contribution in [1.29, 1.82) is 0 Å². The molecule has 0 aliphatic carbocycles. The number of methoxy groups -OCH3 is 1. The van der Waals surface area contributed by atoms with Crippen molar-refractivity contribution in [2.24, 2.45) is 0 Å². The van der Waals surface area contributed by atoms with Crippen LogP contribution in [-0.4, -0.2) is 19.6 Å². The van der Waals surface area contributed by atoms with Crippen LogP contribution >= 0.6 is 15.9 Å². The van der Waals surface area contributed by atoms with Crippen LogP contribution in [0.15, 0.2) is 16.6 Å². The van der Waals surface area contributed by atoms with Crippen molar-refractivity contribution in [1.82, 2.24) is 0 Å². The molecule has 1 N–H and O–H groups in total. The van der Waals surface area contributed by atoms with Crippen LogP contribution in [0.2, 0.25) is 0 Å². The van der Waals surface area contributed by atoms with E-state index in [2.05, 4.69) is 26.0 Å². The Morgan fingerprint density at radius 1 is 1.47 bits per heavy atom. The maximum absolute atomic E-state index is 13.2. The molecule has 0 amide bonds. The molecule has 0 aromatic heterocycles. The molecule has 0 unspecified atom stereocenters. The number of esters is 1. The Balaban J connectivity index is 2.81. The van der Waals surface area contributed by atoms with E-state index in [1.54, 1.807) is 0 Å². The average molecular weight is 280 g/mol. The molecular formula is C9H8BrF2NO2. The number of nitrogens with one attached hydrogen (secondary N) is 1. The van der Waals surface area contributed by atoms with Crippen LogP contribution in [0.25, 0.3) is 0 Å². The first kappa shape index (κ1) is 11.9. The third-order valence-corrected chi connectivity index (χ3v) is 2.10. The molecule has 3 nitrogen and oxygen atoms in total. The van der Waals surface area contributed by atoms with Gasteiger partial charge in [-0.05, 0) is 12.1 Å². The number of anilines is 1. The smallest absolute Gasteiger partial charge is 0.325 e. The first-order valence-corrected chi connectivity index (χ1v) is 4.79. The number of halogens is 3. The molecule has 0 saturated heterocycles. The topological polar surface area (TPSA) is 38.3 Å². The quantitative estimate of drug-likeness (QED) is 0.863. The van der Waals surface area contributed by atoms with Crippen molar-refractivity contribution in [3.8, 4) is 0 Å². The highest BCUT2D eigenvalue weighted by atomic mass is 79.9. The summed E-state index contributed by atoms with van der Waals surface area (Å²) in [5.41, 5.74) is -0.344. The minimum atomic E-state index is -0.772. The van der Waals surface area contributed by atoms with E-state index in [1.807, 2.05) is 0 Å². The van der Waals surface area contributed by atoms with Crippen molar-refractivity contribution >= 4 is 27.6 Å². The van der Waals surface area contributed by atoms with Gasteiger partial charge in [0.1, 0.15) is 23.9 Å². The molecule has 0 atom stereocenters. The van der Waals surface area contributed by atoms with E-state index in [0.29, 0.717) is 4.47 Å². The predicted octanol–water partition coefficient (Wildman–Crippen LogP) is 2.31. The van der Waals surface area contributed by atoms with Gasteiger partial charge in [0, 0.05) is 4.47 Å². The Morgan fingerprint density at radius 2 is 2.00 bits per heavy atom. The molecule has 0 aliphatic heterocycles. The van der Waals surface area contributed by atoms with E-state index in [0.717, 1.165) is 12.1 Å². The van der Waals surface area contributed by atoms with E-state index >= 15 is 0 Å². The fourth-order valence-corrected chi connectivity index (χ4v) is 1.35. The third-order valence-electron chi connectivity index (χ3n) is 1.64. The number of carbonyl (C=O) groups excluding carboxylic acids is 1. The Labute approximate surface area is 93.5 Å². The summed E-state index contributed by atoms with van der Waals surface area (Å²) in [5, 5.41) is 2.31. The highest BCUT2D eigenvalue weighted by molar-refractivity contribution is 9.10. The summed E-state index contributed by atoms with van der Waals surface area (Å²) in [5.74, 6) is -2.15. The van der Waals surface area contributed by atoms with Gasteiger partial charge >= 0.3 is 5.97 Å². The number of rotatable bonds is 3. The molecule has 1 rings (SSSR count). The third kappa shape index (κ3) is 3.16. The lowest BCUT2D eigenvalue weighted by atomic mass is 10.3.